The summed E-state index contributed by atoms with van der Waals surface area (Å²) in [6, 6.07) is 0. The largest absolute Gasteiger partial charge is 0.469 e. The number of nitrogens with one attached hydrogen (secondary N) is 1. The van der Waals surface area contributed by atoms with Crippen molar-refractivity contribution in [3.8, 4) is 0 Å². The van der Waals surface area contributed by atoms with Gasteiger partial charge in [0.1, 0.15) is 0 Å². The Bertz CT molecular complexity index is 236. The van der Waals surface area contributed by atoms with Crippen molar-refractivity contribution in [1.29, 1.82) is 0 Å². The summed E-state index contributed by atoms with van der Waals surface area (Å²) < 4.78 is 9.87. The molecule has 1 N–H and O–H groups in total. The molecule has 0 aliphatic carbocycles. The molecule has 1 aliphatic heterocycles. The predicted molar refractivity (Wildman–Crippen MR) is 57.9 cm³/mol. The SMILES string of the molecule is COC(=O)CCC(=O)NCCC1CCCO1. The summed E-state index contributed by atoms with van der Waals surface area (Å²) in [5, 5.41) is 2.76. The highest BCUT2D eigenvalue weighted by Crippen LogP contribution is 2.14. The van der Waals surface area contributed by atoms with Gasteiger partial charge in [0, 0.05) is 19.6 Å². The van der Waals surface area contributed by atoms with Crippen molar-refractivity contribution in [3.05, 3.63) is 0 Å². The number of rotatable bonds is 6. The van der Waals surface area contributed by atoms with Gasteiger partial charge in [-0.1, -0.05) is 0 Å². The zero-order valence-corrected chi connectivity index (χ0v) is 9.66. The summed E-state index contributed by atoms with van der Waals surface area (Å²) in [6.45, 7) is 1.45. The van der Waals surface area contributed by atoms with Crippen molar-refractivity contribution >= 4 is 11.9 Å². The molecule has 0 radical (unpaired) electrons. The van der Waals surface area contributed by atoms with Gasteiger partial charge < -0.3 is 14.8 Å². The summed E-state index contributed by atoms with van der Waals surface area (Å²) >= 11 is 0. The van der Waals surface area contributed by atoms with E-state index in [2.05, 4.69) is 10.1 Å². The Morgan fingerprint density at radius 2 is 2.25 bits per heavy atom. The minimum Gasteiger partial charge on any atom is -0.469 e. The molecule has 5 nitrogen and oxygen atoms in total. The molecular weight excluding hydrogens is 210 g/mol. The van der Waals surface area contributed by atoms with E-state index < -0.39 is 0 Å². The van der Waals surface area contributed by atoms with Gasteiger partial charge in [-0.05, 0) is 19.3 Å². The lowest BCUT2D eigenvalue weighted by Crippen LogP contribution is -2.27. The molecule has 1 amide bonds. The van der Waals surface area contributed by atoms with E-state index in [0.29, 0.717) is 12.6 Å². The fourth-order valence-corrected chi connectivity index (χ4v) is 1.65. The molecular formula is C11H19NO4. The topological polar surface area (TPSA) is 64.6 Å². The van der Waals surface area contributed by atoms with E-state index in [1.54, 1.807) is 0 Å². The number of carbonyl (C=O) groups is 2. The molecule has 1 aliphatic rings. The number of amides is 1. The first-order chi connectivity index (χ1) is 7.72. The predicted octanol–water partition coefficient (Wildman–Crippen LogP) is 0.625. The van der Waals surface area contributed by atoms with Crippen molar-refractivity contribution in [3.63, 3.8) is 0 Å². The smallest absolute Gasteiger partial charge is 0.306 e. The molecule has 0 saturated carbocycles. The first-order valence-corrected chi connectivity index (χ1v) is 5.67. The molecule has 5 heteroatoms. The van der Waals surface area contributed by atoms with E-state index in [9.17, 15) is 9.59 Å². The Morgan fingerprint density at radius 1 is 1.44 bits per heavy atom. The molecule has 0 aromatic heterocycles. The molecule has 0 bridgehead atoms. The molecule has 0 aromatic rings. The first-order valence-electron chi connectivity index (χ1n) is 5.67. The Balaban J connectivity index is 1.99. The van der Waals surface area contributed by atoms with E-state index in [1.165, 1.54) is 7.11 Å². The van der Waals surface area contributed by atoms with Crippen LogP contribution in [0.5, 0.6) is 0 Å². The maximum absolute atomic E-state index is 11.3. The normalized spacial score (nSPS) is 19.4. The van der Waals surface area contributed by atoms with Crippen LogP contribution >= 0.6 is 0 Å². The van der Waals surface area contributed by atoms with Gasteiger partial charge in [0.2, 0.25) is 5.91 Å². The zero-order valence-electron chi connectivity index (χ0n) is 9.66. The lowest BCUT2D eigenvalue weighted by molar-refractivity contribution is -0.142. The monoisotopic (exact) mass is 229 g/mol. The van der Waals surface area contributed by atoms with Crippen LogP contribution in [-0.2, 0) is 19.1 Å². The van der Waals surface area contributed by atoms with E-state index in [-0.39, 0.29) is 24.7 Å². The number of methoxy groups -OCH3 is 1. The number of esters is 1. The average molecular weight is 229 g/mol. The number of hydrogen-bond acceptors (Lipinski definition) is 4. The minimum atomic E-state index is -0.353. The number of ether oxygens (including phenoxy) is 2. The number of hydrogen-bond donors (Lipinski definition) is 1. The summed E-state index contributed by atoms with van der Waals surface area (Å²) in [6.07, 6.45) is 3.67. The van der Waals surface area contributed by atoms with Crippen LogP contribution in [-0.4, -0.2) is 38.2 Å². The highest BCUT2D eigenvalue weighted by Gasteiger charge is 2.15. The third kappa shape index (κ3) is 5.11. The summed E-state index contributed by atoms with van der Waals surface area (Å²) in [7, 11) is 1.32. The lowest BCUT2D eigenvalue weighted by Gasteiger charge is -2.09. The summed E-state index contributed by atoms with van der Waals surface area (Å²) in [5.41, 5.74) is 0. The Hall–Kier alpha value is -1.10. The molecule has 0 spiro atoms. The van der Waals surface area contributed by atoms with Gasteiger partial charge in [-0.2, -0.15) is 0 Å². The molecule has 1 heterocycles. The van der Waals surface area contributed by atoms with Gasteiger partial charge in [-0.3, -0.25) is 9.59 Å². The van der Waals surface area contributed by atoms with Crippen molar-refractivity contribution in [1.82, 2.24) is 5.32 Å². The Kier molecular flexibility index (Phi) is 5.85. The molecule has 1 rings (SSSR count). The molecule has 16 heavy (non-hydrogen) atoms. The molecule has 1 fully saturated rings. The molecule has 92 valence electrons. The zero-order chi connectivity index (χ0) is 11.8. The second-order valence-corrected chi connectivity index (χ2v) is 3.85. The van der Waals surface area contributed by atoms with Gasteiger partial charge in [-0.15, -0.1) is 0 Å². The molecule has 1 unspecified atom stereocenters. The van der Waals surface area contributed by atoms with Crippen LogP contribution in [0.1, 0.15) is 32.1 Å². The fraction of sp³-hybridized carbons (Fsp3) is 0.818. The van der Waals surface area contributed by atoms with Crippen molar-refractivity contribution in [2.45, 2.75) is 38.2 Å². The number of carbonyl (C=O) groups excluding carboxylic acids is 2. The van der Waals surface area contributed by atoms with Gasteiger partial charge in [-0.25, -0.2) is 0 Å². The van der Waals surface area contributed by atoms with Gasteiger partial charge in [0.05, 0.1) is 19.6 Å². The van der Waals surface area contributed by atoms with E-state index in [1.807, 2.05) is 0 Å². The second kappa shape index (κ2) is 7.22. The van der Waals surface area contributed by atoms with Crippen LogP contribution in [0.25, 0.3) is 0 Å². The standard InChI is InChI=1S/C11H19NO4/c1-15-11(14)5-4-10(13)12-7-6-9-3-2-8-16-9/h9H,2-8H2,1H3,(H,12,13). The first kappa shape index (κ1) is 13.0. The second-order valence-electron chi connectivity index (χ2n) is 3.85. The van der Waals surface area contributed by atoms with Crippen LogP contribution in [0.2, 0.25) is 0 Å². The quantitative estimate of drug-likeness (QED) is 0.678. The van der Waals surface area contributed by atoms with Gasteiger partial charge >= 0.3 is 5.97 Å². The van der Waals surface area contributed by atoms with Crippen molar-refractivity contribution < 1.29 is 19.1 Å². The highest BCUT2D eigenvalue weighted by atomic mass is 16.5. The van der Waals surface area contributed by atoms with Crippen LogP contribution < -0.4 is 5.32 Å². The van der Waals surface area contributed by atoms with Crippen LogP contribution in [0.3, 0.4) is 0 Å². The lowest BCUT2D eigenvalue weighted by atomic mass is 10.2. The maximum Gasteiger partial charge on any atom is 0.306 e. The van der Waals surface area contributed by atoms with E-state index >= 15 is 0 Å². The third-order valence-electron chi connectivity index (χ3n) is 2.60. The van der Waals surface area contributed by atoms with Gasteiger partial charge in [0.25, 0.3) is 0 Å². The van der Waals surface area contributed by atoms with Crippen LogP contribution in [0, 0.1) is 0 Å². The fourth-order valence-electron chi connectivity index (χ4n) is 1.65. The Labute approximate surface area is 95.5 Å². The van der Waals surface area contributed by atoms with Crippen LogP contribution in [0.15, 0.2) is 0 Å². The average Bonchev–Trinajstić information content (AvgIpc) is 2.79. The van der Waals surface area contributed by atoms with Crippen molar-refractivity contribution in [2.75, 3.05) is 20.3 Å². The van der Waals surface area contributed by atoms with Crippen molar-refractivity contribution in [2.24, 2.45) is 0 Å². The summed E-state index contributed by atoms with van der Waals surface area (Å²) in [5.74, 6) is -0.460. The molecule has 1 atom stereocenters. The summed E-state index contributed by atoms with van der Waals surface area (Å²) in [4.78, 5) is 22.1. The highest BCUT2D eigenvalue weighted by molar-refractivity contribution is 5.81. The molecule has 0 aromatic carbocycles. The third-order valence-corrected chi connectivity index (χ3v) is 2.60. The van der Waals surface area contributed by atoms with E-state index in [4.69, 9.17) is 4.74 Å². The molecule has 1 saturated heterocycles. The maximum atomic E-state index is 11.3. The van der Waals surface area contributed by atoms with Gasteiger partial charge in [0.15, 0.2) is 0 Å². The van der Waals surface area contributed by atoms with E-state index in [0.717, 1.165) is 25.9 Å². The van der Waals surface area contributed by atoms with Crippen LogP contribution in [0.4, 0.5) is 0 Å². The minimum absolute atomic E-state index is 0.108. The Morgan fingerprint density at radius 3 is 2.88 bits per heavy atom.